The molecular weight excluding hydrogens is 754 g/mol. The normalized spacial score (nSPS) is 26.6. The first-order valence-electron chi connectivity index (χ1n) is 23.4. The molecular formula is C56H60BN3Si. The number of hydrogen-bond donors (Lipinski definition) is 0. The molecule has 6 aliphatic rings. The molecule has 4 unspecified atom stereocenters. The Morgan fingerprint density at radius 1 is 0.525 bits per heavy atom. The Hall–Kier alpha value is -5.00. The van der Waals surface area contributed by atoms with Crippen LogP contribution in [0.5, 0.6) is 0 Å². The number of para-hydroxylation sites is 1. The van der Waals surface area contributed by atoms with Gasteiger partial charge >= 0.3 is 0 Å². The van der Waals surface area contributed by atoms with Gasteiger partial charge in [-0.15, -0.1) is 0 Å². The van der Waals surface area contributed by atoms with Crippen molar-refractivity contribution >= 4 is 76.2 Å². The number of anilines is 7. The Morgan fingerprint density at radius 2 is 1.23 bits per heavy atom. The van der Waals surface area contributed by atoms with Gasteiger partial charge in [0.05, 0.1) is 19.2 Å². The predicted octanol–water partition coefficient (Wildman–Crippen LogP) is 12.0. The Bertz CT molecular complexity index is 2830. The van der Waals surface area contributed by atoms with E-state index in [9.17, 15) is 0 Å². The standard InChI is InChI=1S/C56H60BN3Si/c1-37-19-18-22-40(31-37)58-48-32-38(2)25-26-45(48)57-46-36-42(61(6,7)8)35-44-52(46)60(54(4)28-15-14-27-53(44,54)3)50-34-41(33-49(58)51(50)57)59-47-24-13-12-23-43(47)56(39-20-10-9-11-21-39)30-17-16-29-55(56,59)5/h9-13,18-26,31-36H,14-17,27-30H2,1-8H3. The monoisotopic (exact) mass is 813 g/mol. The van der Waals surface area contributed by atoms with Crippen LogP contribution in [0.15, 0.2) is 121 Å². The molecule has 61 heavy (non-hydrogen) atoms. The average Bonchev–Trinajstić information content (AvgIpc) is 3.62. The minimum absolute atomic E-state index is 0.0474. The molecule has 4 atom stereocenters. The molecule has 3 nitrogen and oxygen atoms in total. The number of nitrogens with zero attached hydrogens (tertiary/aromatic N) is 3. The first-order valence-corrected chi connectivity index (χ1v) is 26.9. The Balaban J connectivity index is 1.22. The van der Waals surface area contributed by atoms with Gasteiger partial charge in [0.25, 0.3) is 6.71 Å². The minimum atomic E-state index is -1.69. The number of fused-ring (bicyclic) bond motifs is 10. The van der Waals surface area contributed by atoms with E-state index >= 15 is 0 Å². The smallest absolute Gasteiger partial charge is 0.252 e. The van der Waals surface area contributed by atoms with Crippen molar-refractivity contribution in [2.75, 3.05) is 14.7 Å². The maximum Gasteiger partial charge on any atom is 0.252 e. The van der Waals surface area contributed by atoms with E-state index in [-0.39, 0.29) is 28.6 Å². The van der Waals surface area contributed by atoms with Crippen molar-refractivity contribution in [3.63, 3.8) is 0 Å². The van der Waals surface area contributed by atoms with Crippen LogP contribution in [0.3, 0.4) is 0 Å². The fourth-order valence-corrected chi connectivity index (χ4v) is 15.3. The van der Waals surface area contributed by atoms with Gasteiger partial charge in [-0.1, -0.05) is 142 Å². The lowest BCUT2D eigenvalue weighted by molar-refractivity contribution is 0.195. The molecule has 12 rings (SSSR count). The highest BCUT2D eigenvalue weighted by Gasteiger charge is 2.64. The molecule has 0 bridgehead atoms. The van der Waals surface area contributed by atoms with Gasteiger partial charge in [0, 0.05) is 50.6 Å². The second-order valence-electron chi connectivity index (χ2n) is 21.5. The summed E-state index contributed by atoms with van der Waals surface area (Å²) in [6.45, 7) is 20.2. The molecule has 0 spiro atoms. The van der Waals surface area contributed by atoms with Crippen LogP contribution in [0.25, 0.3) is 0 Å². The van der Waals surface area contributed by atoms with Crippen LogP contribution in [-0.4, -0.2) is 25.9 Å². The molecule has 4 aliphatic heterocycles. The van der Waals surface area contributed by atoms with Crippen LogP contribution >= 0.6 is 0 Å². The summed E-state index contributed by atoms with van der Waals surface area (Å²) in [6, 6.07) is 48.4. The van der Waals surface area contributed by atoms with Gasteiger partial charge in [0.2, 0.25) is 0 Å². The summed E-state index contributed by atoms with van der Waals surface area (Å²) in [5.41, 5.74) is 20.9. The number of benzene rings is 6. The molecule has 0 saturated heterocycles. The zero-order valence-corrected chi connectivity index (χ0v) is 38.6. The summed E-state index contributed by atoms with van der Waals surface area (Å²) in [5, 5.41) is 1.60. The van der Waals surface area contributed by atoms with Gasteiger partial charge in [0.1, 0.15) is 0 Å². The summed E-state index contributed by atoms with van der Waals surface area (Å²) in [6.07, 6.45) is 9.76. The van der Waals surface area contributed by atoms with Gasteiger partial charge in [-0.2, -0.15) is 0 Å². The van der Waals surface area contributed by atoms with E-state index in [1.165, 1.54) is 117 Å². The summed E-state index contributed by atoms with van der Waals surface area (Å²) in [5.74, 6) is 0. The van der Waals surface area contributed by atoms with Crippen molar-refractivity contribution in [1.29, 1.82) is 0 Å². The molecule has 0 radical (unpaired) electrons. The Labute approximate surface area is 365 Å². The van der Waals surface area contributed by atoms with Crippen LogP contribution in [0.1, 0.15) is 100.0 Å². The van der Waals surface area contributed by atoms with Crippen LogP contribution in [0, 0.1) is 13.8 Å². The molecule has 0 aromatic heterocycles. The lowest BCUT2D eigenvalue weighted by atomic mass is 9.33. The first kappa shape index (κ1) is 37.7. The van der Waals surface area contributed by atoms with E-state index in [0.29, 0.717) is 0 Å². The topological polar surface area (TPSA) is 9.72 Å². The summed E-state index contributed by atoms with van der Waals surface area (Å²) < 4.78 is 0. The van der Waals surface area contributed by atoms with Crippen molar-refractivity contribution < 1.29 is 0 Å². The van der Waals surface area contributed by atoms with Gasteiger partial charge in [0.15, 0.2) is 0 Å². The quantitative estimate of drug-likeness (QED) is 0.164. The van der Waals surface area contributed by atoms with E-state index in [2.05, 4.69) is 190 Å². The number of hydrogen-bond acceptors (Lipinski definition) is 3. The molecule has 0 amide bonds. The van der Waals surface area contributed by atoms with Crippen molar-refractivity contribution in [2.45, 2.75) is 128 Å². The lowest BCUT2D eigenvalue weighted by Crippen LogP contribution is -2.65. The number of rotatable bonds is 4. The van der Waals surface area contributed by atoms with Crippen molar-refractivity contribution in [1.82, 2.24) is 0 Å². The third-order valence-electron chi connectivity index (χ3n) is 17.3. The van der Waals surface area contributed by atoms with Gasteiger partial charge in [-0.25, -0.2) is 0 Å². The van der Waals surface area contributed by atoms with E-state index in [1.54, 1.807) is 10.8 Å². The largest absolute Gasteiger partial charge is 0.335 e. The maximum atomic E-state index is 2.95. The summed E-state index contributed by atoms with van der Waals surface area (Å²) >= 11 is 0. The highest BCUT2D eigenvalue weighted by Crippen LogP contribution is 2.66. The van der Waals surface area contributed by atoms with Crippen molar-refractivity contribution in [3.8, 4) is 0 Å². The second kappa shape index (κ2) is 12.6. The van der Waals surface area contributed by atoms with Crippen molar-refractivity contribution in [3.05, 3.63) is 149 Å². The van der Waals surface area contributed by atoms with E-state index in [4.69, 9.17) is 0 Å². The van der Waals surface area contributed by atoms with Gasteiger partial charge in [-0.05, 0) is 134 Å². The highest BCUT2D eigenvalue weighted by atomic mass is 28.3. The van der Waals surface area contributed by atoms with Crippen LogP contribution in [-0.2, 0) is 10.8 Å². The predicted molar refractivity (Wildman–Crippen MR) is 264 cm³/mol. The van der Waals surface area contributed by atoms with Crippen molar-refractivity contribution in [2.24, 2.45) is 0 Å². The maximum absolute atomic E-state index is 2.95. The van der Waals surface area contributed by atoms with Gasteiger partial charge < -0.3 is 14.7 Å². The van der Waals surface area contributed by atoms with E-state index in [1.807, 2.05) is 0 Å². The fourth-order valence-electron chi connectivity index (χ4n) is 14.2. The van der Waals surface area contributed by atoms with E-state index < -0.39 is 8.07 Å². The van der Waals surface area contributed by atoms with Gasteiger partial charge in [-0.3, -0.25) is 0 Å². The SMILES string of the molecule is Cc1cccc(N2c3cc(C)ccc3B3c4cc([Si](C)(C)C)cc5c4N(c4cc(N6c7ccccc7C7(c8ccccc8)CCCCC67C)cc2c43)C2(C)CCCCC52C)c1. The molecule has 6 aromatic carbocycles. The molecule has 2 aliphatic carbocycles. The zero-order valence-electron chi connectivity index (χ0n) is 37.6. The number of aryl methyl sites for hydroxylation is 2. The van der Waals surface area contributed by atoms with E-state index in [0.717, 1.165) is 12.8 Å². The molecule has 306 valence electrons. The second-order valence-corrected chi connectivity index (χ2v) is 26.6. The highest BCUT2D eigenvalue weighted by molar-refractivity contribution is 7.01. The molecule has 2 fully saturated rings. The third-order valence-corrected chi connectivity index (χ3v) is 19.3. The Morgan fingerprint density at radius 3 is 2.02 bits per heavy atom. The molecule has 5 heteroatoms. The molecule has 2 saturated carbocycles. The molecule has 6 aromatic rings. The van der Waals surface area contributed by atoms with Crippen LogP contribution in [0.2, 0.25) is 19.6 Å². The molecule has 0 N–H and O–H groups in total. The summed E-state index contributed by atoms with van der Waals surface area (Å²) in [7, 11) is -1.69. The third kappa shape index (κ3) is 4.72. The fraction of sp³-hybridized carbons (Fsp3) is 0.357. The zero-order chi connectivity index (χ0) is 41.8. The molecule has 4 heterocycles. The first-order chi connectivity index (χ1) is 29.3. The van der Waals surface area contributed by atoms with Crippen LogP contribution < -0.4 is 36.3 Å². The lowest BCUT2D eigenvalue weighted by Gasteiger charge is -2.54. The average molecular weight is 814 g/mol. The van der Waals surface area contributed by atoms with Crippen LogP contribution in [0.4, 0.5) is 39.8 Å². The minimum Gasteiger partial charge on any atom is -0.335 e. The Kier molecular flexibility index (Phi) is 7.77. The summed E-state index contributed by atoms with van der Waals surface area (Å²) in [4.78, 5) is 8.47.